The first-order valence-corrected chi connectivity index (χ1v) is 6.37. The molecule has 0 fully saturated rings. The van der Waals surface area contributed by atoms with Crippen LogP contribution in [0.15, 0.2) is 18.2 Å². The monoisotopic (exact) mass is 249 g/mol. The van der Waals surface area contributed by atoms with Gasteiger partial charge in [-0.3, -0.25) is 4.79 Å². The van der Waals surface area contributed by atoms with Crippen molar-refractivity contribution >= 4 is 5.97 Å². The fraction of sp³-hybridized carbons (Fsp3) is 0.533. The molecule has 0 heterocycles. The van der Waals surface area contributed by atoms with Gasteiger partial charge in [-0.15, -0.1) is 0 Å². The van der Waals surface area contributed by atoms with Crippen molar-refractivity contribution in [3.05, 3.63) is 34.9 Å². The number of aliphatic carboxylic acids is 1. The fourth-order valence-electron chi connectivity index (χ4n) is 2.14. The quantitative estimate of drug-likeness (QED) is 0.842. The van der Waals surface area contributed by atoms with Gasteiger partial charge in [0.15, 0.2) is 0 Å². The lowest BCUT2D eigenvalue weighted by molar-refractivity contribution is -0.137. The van der Waals surface area contributed by atoms with E-state index in [0.29, 0.717) is 12.5 Å². The van der Waals surface area contributed by atoms with E-state index < -0.39 is 5.97 Å². The van der Waals surface area contributed by atoms with E-state index in [4.69, 9.17) is 5.11 Å². The van der Waals surface area contributed by atoms with Crippen molar-refractivity contribution in [2.75, 3.05) is 14.1 Å². The molecule has 1 N–H and O–H groups in total. The molecular weight excluding hydrogens is 226 g/mol. The van der Waals surface area contributed by atoms with Crippen molar-refractivity contribution < 1.29 is 9.90 Å². The molecule has 3 nitrogen and oxygen atoms in total. The van der Waals surface area contributed by atoms with Gasteiger partial charge < -0.3 is 10.0 Å². The van der Waals surface area contributed by atoms with Crippen LogP contribution in [0.1, 0.15) is 42.0 Å². The van der Waals surface area contributed by atoms with Crippen LogP contribution in [0, 0.1) is 13.8 Å². The van der Waals surface area contributed by atoms with Crippen LogP contribution in [0.5, 0.6) is 0 Å². The van der Waals surface area contributed by atoms with E-state index >= 15 is 0 Å². The summed E-state index contributed by atoms with van der Waals surface area (Å²) in [6, 6.07) is 6.79. The highest BCUT2D eigenvalue weighted by atomic mass is 16.4. The summed E-state index contributed by atoms with van der Waals surface area (Å²) in [4.78, 5) is 12.7. The van der Waals surface area contributed by atoms with Gasteiger partial charge in [0.05, 0.1) is 0 Å². The van der Waals surface area contributed by atoms with E-state index in [1.54, 1.807) is 0 Å². The molecular formula is C15H23NO2. The van der Waals surface area contributed by atoms with Crippen LogP contribution in [0.25, 0.3) is 0 Å². The van der Waals surface area contributed by atoms with Crippen molar-refractivity contribution in [2.24, 2.45) is 0 Å². The summed E-state index contributed by atoms with van der Waals surface area (Å²) in [6.45, 7) is 4.22. The lowest BCUT2D eigenvalue weighted by atomic mass is 9.96. The third kappa shape index (κ3) is 4.15. The Bertz CT molecular complexity index is 413. The second-order valence-corrected chi connectivity index (χ2v) is 5.11. The number of rotatable bonds is 6. The maximum absolute atomic E-state index is 10.6. The van der Waals surface area contributed by atoms with E-state index in [0.717, 1.165) is 6.42 Å². The fourth-order valence-corrected chi connectivity index (χ4v) is 2.14. The second-order valence-electron chi connectivity index (χ2n) is 5.11. The smallest absolute Gasteiger partial charge is 0.303 e. The molecule has 1 unspecified atom stereocenters. The molecule has 0 radical (unpaired) electrons. The van der Waals surface area contributed by atoms with Crippen LogP contribution in [0.4, 0.5) is 0 Å². The summed E-state index contributed by atoms with van der Waals surface area (Å²) < 4.78 is 0. The zero-order chi connectivity index (χ0) is 13.7. The first-order valence-electron chi connectivity index (χ1n) is 6.37. The first kappa shape index (κ1) is 14.7. The Balaban J connectivity index is 2.77. The summed E-state index contributed by atoms with van der Waals surface area (Å²) >= 11 is 0. The molecule has 0 saturated heterocycles. The molecule has 1 aromatic rings. The minimum absolute atomic E-state index is 0.245. The third-order valence-corrected chi connectivity index (χ3v) is 3.41. The van der Waals surface area contributed by atoms with Gasteiger partial charge in [-0.05, 0) is 57.5 Å². The number of carboxylic acid groups (broad SMARTS) is 1. The average Bonchev–Trinajstić information content (AvgIpc) is 2.27. The van der Waals surface area contributed by atoms with E-state index in [1.807, 2.05) is 14.1 Å². The highest BCUT2D eigenvalue weighted by molar-refractivity contribution is 5.66. The third-order valence-electron chi connectivity index (χ3n) is 3.41. The normalized spacial score (nSPS) is 12.7. The Morgan fingerprint density at radius 2 is 1.94 bits per heavy atom. The molecule has 1 aromatic carbocycles. The molecule has 0 aromatic heterocycles. The second kappa shape index (κ2) is 6.55. The molecule has 1 atom stereocenters. The van der Waals surface area contributed by atoms with Gasteiger partial charge >= 0.3 is 5.97 Å². The summed E-state index contributed by atoms with van der Waals surface area (Å²) in [5, 5.41) is 8.70. The van der Waals surface area contributed by atoms with Crippen molar-refractivity contribution in [3.63, 3.8) is 0 Å². The van der Waals surface area contributed by atoms with E-state index in [9.17, 15) is 4.79 Å². The molecule has 3 heteroatoms. The molecule has 0 aliphatic rings. The molecule has 0 aliphatic heterocycles. The summed E-state index contributed by atoms with van der Waals surface area (Å²) in [5.41, 5.74) is 3.85. The predicted molar refractivity (Wildman–Crippen MR) is 73.8 cm³/mol. The minimum atomic E-state index is -0.715. The number of carbonyl (C=O) groups is 1. The van der Waals surface area contributed by atoms with E-state index in [-0.39, 0.29) is 6.42 Å². The largest absolute Gasteiger partial charge is 0.481 e. The van der Waals surface area contributed by atoms with Gasteiger partial charge in [-0.25, -0.2) is 0 Å². The Morgan fingerprint density at radius 3 is 2.44 bits per heavy atom. The number of hydrogen-bond acceptors (Lipinski definition) is 2. The summed E-state index contributed by atoms with van der Waals surface area (Å²) in [6.07, 6.45) is 1.84. The maximum atomic E-state index is 10.6. The van der Waals surface area contributed by atoms with Crippen LogP contribution in [0.3, 0.4) is 0 Å². The number of nitrogens with zero attached hydrogens (tertiary/aromatic N) is 1. The zero-order valence-electron chi connectivity index (χ0n) is 11.7. The van der Waals surface area contributed by atoms with Crippen LogP contribution >= 0.6 is 0 Å². The van der Waals surface area contributed by atoms with E-state index in [1.165, 1.54) is 16.7 Å². The van der Waals surface area contributed by atoms with Gasteiger partial charge in [0.2, 0.25) is 0 Å². The van der Waals surface area contributed by atoms with Crippen LogP contribution in [-0.2, 0) is 4.79 Å². The molecule has 0 saturated carbocycles. The molecule has 18 heavy (non-hydrogen) atoms. The summed E-state index contributed by atoms with van der Waals surface area (Å²) in [5.74, 6) is -0.715. The van der Waals surface area contributed by atoms with Crippen molar-refractivity contribution in [1.82, 2.24) is 4.90 Å². The van der Waals surface area contributed by atoms with Gasteiger partial charge in [0.1, 0.15) is 0 Å². The number of benzene rings is 1. The van der Waals surface area contributed by atoms with Crippen LogP contribution < -0.4 is 0 Å². The zero-order valence-corrected chi connectivity index (χ0v) is 11.7. The Hall–Kier alpha value is -1.35. The molecule has 100 valence electrons. The lowest BCUT2D eigenvalue weighted by Crippen LogP contribution is -2.20. The van der Waals surface area contributed by atoms with Crippen LogP contribution in [0.2, 0.25) is 0 Å². The average molecular weight is 249 g/mol. The minimum Gasteiger partial charge on any atom is -0.481 e. The van der Waals surface area contributed by atoms with E-state index in [2.05, 4.69) is 36.9 Å². The highest BCUT2D eigenvalue weighted by Gasteiger charge is 2.14. The number of hydrogen-bond donors (Lipinski definition) is 1. The predicted octanol–water partition coefficient (Wildman–Crippen LogP) is 3.16. The molecule has 0 aliphatic carbocycles. The maximum Gasteiger partial charge on any atom is 0.303 e. The highest BCUT2D eigenvalue weighted by Crippen LogP contribution is 2.25. The summed E-state index contributed by atoms with van der Waals surface area (Å²) in [7, 11) is 4.08. The first-order chi connectivity index (χ1) is 8.41. The Labute approximate surface area is 109 Å². The van der Waals surface area contributed by atoms with Crippen LogP contribution in [-0.4, -0.2) is 30.1 Å². The van der Waals surface area contributed by atoms with Crippen molar-refractivity contribution in [3.8, 4) is 0 Å². The van der Waals surface area contributed by atoms with Gasteiger partial charge in [-0.2, -0.15) is 0 Å². The topological polar surface area (TPSA) is 40.5 Å². The number of carboxylic acids is 1. The molecule has 0 spiro atoms. The Morgan fingerprint density at radius 1 is 1.28 bits per heavy atom. The van der Waals surface area contributed by atoms with Gasteiger partial charge in [-0.1, -0.05) is 18.2 Å². The SMILES string of the molecule is Cc1ccc(C(CCCC(=O)O)N(C)C)cc1C. The Kier molecular flexibility index (Phi) is 5.35. The van der Waals surface area contributed by atoms with Gasteiger partial charge in [0.25, 0.3) is 0 Å². The molecule has 1 rings (SSSR count). The van der Waals surface area contributed by atoms with Gasteiger partial charge in [0, 0.05) is 12.5 Å². The lowest BCUT2D eigenvalue weighted by Gasteiger charge is -2.25. The van der Waals surface area contributed by atoms with Crippen molar-refractivity contribution in [1.29, 1.82) is 0 Å². The molecule has 0 amide bonds. The standard InChI is InChI=1S/C15H23NO2/c1-11-8-9-13(10-12(11)2)14(16(3)4)6-5-7-15(17)18/h8-10,14H,5-7H2,1-4H3,(H,17,18). The van der Waals surface area contributed by atoms with Crippen molar-refractivity contribution in [2.45, 2.75) is 39.2 Å². The molecule has 0 bridgehead atoms. The number of aryl methyl sites for hydroxylation is 2.